The molecule has 0 saturated heterocycles. The molecule has 0 aromatic carbocycles. The number of nitrogens with one attached hydrogen (secondary N) is 1. The van der Waals surface area contributed by atoms with Crippen LogP contribution in [0.1, 0.15) is 6.17 Å². The van der Waals surface area contributed by atoms with E-state index >= 15 is 0 Å². The molecule has 0 aliphatic carbocycles. The lowest BCUT2D eigenvalue weighted by atomic mass is 10.5. The minimum absolute atomic E-state index is 0.437. The Morgan fingerprint density at radius 3 is 2.83 bits per heavy atom. The molecule has 0 aliphatic rings. The van der Waals surface area contributed by atoms with E-state index in [4.69, 9.17) is 5.73 Å². The molecule has 1 aromatic rings. The Morgan fingerprint density at radius 2 is 2.33 bits per heavy atom. The monoisotopic (exact) mass is 167 g/mol. The lowest BCUT2D eigenvalue weighted by Gasteiger charge is -2.07. The van der Waals surface area contributed by atoms with Crippen molar-refractivity contribution in [3.63, 3.8) is 0 Å². The molecule has 0 bridgehead atoms. The summed E-state index contributed by atoms with van der Waals surface area (Å²) in [5.41, 5.74) is 4.50. The topological polar surface area (TPSA) is 80.9 Å². The molecule has 1 heterocycles. The molecule has 0 spiro atoms. The zero-order chi connectivity index (χ0) is 9.14. The second-order valence-electron chi connectivity index (χ2n) is 2.24. The lowest BCUT2D eigenvalue weighted by Crippen LogP contribution is -2.33. The van der Waals surface area contributed by atoms with Crippen molar-refractivity contribution in [2.24, 2.45) is 5.73 Å². The smallest absolute Gasteiger partial charge is 0.308 e. The van der Waals surface area contributed by atoms with Crippen LogP contribution in [0.4, 0.5) is 0 Å². The third-order valence-electron chi connectivity index (χ3n) is 1.41. The first-order valence-electron chi connectivity index (χ1n) is 3.35. The summed E-state index contributed by atoms with van der Waals surface area (Å²) in [6, 6.07) is 1.23. The number of nitrogens with two attached hydrogens (primary N) is 1. The molecule has 1 rings (SSSR count). The Labute approximate surface area is 68.1 Å². The first-order valence-corrected chi connectivity index (χ1v) is 3.35. The summed E-state index contributed by atoms with van der Waals surface area (Å²) >= 11 is 0. The molecular formula is C7H9N3O2. The van der Waals surface area contributed by atoms with Crippen LogP contribution in [0.15, 0.2) is 34.5 Å². The van der Waals surface area contributed by atoms with Crippen molar-refractivity contribution in [3.05, 3.63) is 45.8 Å². The molecule has 0 amide bonds. The standard InChI is InChI=1S/C7H9N3O2/c1-2-5(8)10-4-3-6(11)9-7(10)12/h2-5H,1,8H2,(H,9,11,12). The highest BCUT2D eigenvalue weighted by Gasteiger charge is 2.00. The van der Waals surface area contributed by atoms with Crippen LogP contribution >= 0.6 is 0 Å². The number of aromatic amines is 1. The number of nitrogens with zero attached hydrogens (tertiary/aromatic N) is 1. The molecule has 5 nitrogen and oxygen atoms in total. The van der Waals surface area contributed by atoms with E-state index < -0.39 is 17.4 Å². The van der Waals surface area contributed by atoms with Crippen molar-refractivity contribution in [2.45, 2.75) is 6.17 Å². The van der Waals surface area contributed by atoms with Gasteiger partial charge in [0.25, 0.3) is 5.56 Å². The largest absolute Gasteiger partial charge is 0.329 e. The molecule has 1 unspecified atom stereocenters. The van der Waals surface area contributed by atoms with E-state index in [1.165, 1.54) is 22.9 Å². The summed E-state index contributed by atoms with van der Waals surface area (Å²) in [6.45, 7) is 3.42. The van der Waals surface area contributed by atoms with Gasteiger partial charge in [-0.15, -0.1) is 0 Å². The van der Waals surface area contributed by atoms with Gasteiger partial charge >= 0.3 is 5.69 Å². The Balaban J connectivity index is 3.27. The number of hydrogen-bond acceptors (Lipinski definition) is 3. The fourth-order valence-electron chi connectivity index (χ4n) is 0.776. The van der Waals surface area contributed by atoms with E-state index in [1.54, 1.807) is 0 Å². The molecule has 0 saturated carbocycles. The van der Waals surface area contributed by atoms with Gasteiger partial charge in [0.1, 0.15) is 6.17 Å². The van der Waals surface area contributed by atoms with Crippen LogP contribution in [0.25, 0.3) is 0 Å². The van der Waals surface area contributed by atoms with Gasteiger partial charge in [-0.2, -0.15) is 0 Å². The molecule has 0 fully saturated rings. The minimum atomic E-state index is -0.602. The minimum Gasteiger partial charge on any atom is -0.308 e. The van der Waals surface area contributed by atoms with Gasteiger partial charge in [-0.1, -0.05) is 12.7 Å². The molecule has 1 atom stereocenters. The molecule has 12 heavy (non-hydrogen) atoms. The van der Waals surface area contributed by atoms with Gasteiger partial charge in [0.2, 0.25) is 0 Å². The van der Waals surface area contributed by atoms with E-state index in [-0.39, 0.29) is 0 Å². The first kappa shape index (κ1) is 8.48. The predicted molar refractivity (Wildman–Crippen MR) is 44.7 cm³/mol. The van der Waals surface area contributed by atoms with Crippen molar-refractivity contribution in [3.8, 4) is 0 Å². The number of rotatable bonds is 2. The van der Waals surface area contributed by atoms with Crippen LogP contribution in [0, 0.1) is 0 Å². The van der Waals surface area contributed by atoms with Gasteiger partial charge in [0.15, 0.2) is 0 Å². The van der Waals surface area contributed by atoms with Crippen LogP contribution in [-0.2, 0) is 0 Å². The number of aromatic nitrogens is 2. The highest BCUT2D eigenvalue weighted by atomic mass is 16.2. The quantitative estimate of drug-likeness (QED) is 0.564. The molecule has 0 aliphatic heterocycles. The van der Waals surface area contributed by atoms with Gasteiger partial charge in [-0.3, -0.25) is 14.3 Å². The number of H-pyrrole nitrogens is 1. The zero-order valence-corrected chi connectivity index (χ0v) is 6.36. The van der Waals surface area contributed by atoms with Gasteiger partial charge in [0, 0.05) is 12.3 Å². The fourth-order valence-corrected chi connectivity index (χ4v) is 0.776. The van der Waals surface area contributed by atoms with Crippen LogP contribution in [-0.4, -0.2) is 9.55 Å². The van der Waals surface area contributed by atoms with Crippen molar-refractivity contribution < 1.29 is 0 Å². The second-order valence-corrected chi connectivity index (χ2v) is 2.24. The van der Waals surface area contributed by atoms with Crippen LogP contribution in [0.2, 0.25) is 0 Å². The lowest BCUT2D eigenvalue weighted by molar-refractivity contribution is 0.588. The third-order valence-corrected chi connectivity index (χ3v) is 1.41. The summed E-state index contributed by atoms with van der Waals surface area (Å²) in [6.07, 6.45) is 2.13. The fraction of sp³-hybridized carbons (Fsp3) is 0.143. The van der Waals surface area contributed by atoms with Crippen molar-refractivity contribution in [1.82, 2.24) is 9.55 Å². The van der Waals surface area contributed by atoms with E-state index in [9.17, 15) is 9.59 Å². The summed E-state index contributed by atoms with van der Waals surface area (Å²) in [4.78, 5) is 23.7. The van der Waals surface area contributed by atoms with Gasteiger partial charge < -0.3 is 5.73 Å². The van der Waals surface area contributed by atoms with Gasteiger partial charge in [-0.05, 0) is 0 Å². The Bertz CT molecular complexity index is 390. The van der Waals surface area contributed by atoms with Crippen molar-refractivity contribution in [1.29, 1.82) is 0 Å². The van der Waals surface area contributed by atoms with E-state index in [1.807, 2.05) is 0 Å². The maximum Gasteiger partial charge on any atom is 0.329 e. The van der Waals surface area contributed by atoms with Crippen LogP contribution in [0.3, 0.4) is 0 Å². The molecule has 64 valence electrons. The second kappa shape index (κ2) is 3.19. The molecular weight excluding hydrogens is 158 g/mol. The van der Waals surface area contributed by atoms with Crippen molar-refractivity contribution in [2.75, 3.05) is 0 Å². The summed E-state index contributed by atoms with van der Waals surface area (Å²) < 4.78 is 1.18. The Kier molecular flexibility index (Phi) is 2.25. The Hall–Kier alpha value is -1.62. The van der Waals surface area contributed by atoms with E-state index in [0.717, 1.165) is 0 Å². The summed E-state index contributed by atoms with van der Waals surface area (Å²) in [7, 11) is 0. The normalized spacial score (nSPS) is 12.4. The molecule has 0 radical (unpaired) electrons. The first-order chi connectivity index (χ1) is 5.65. The third kappa shape index (κ3) is 1.51. The highest BCUT2D eigenvalue weighted by molar-refractivity contribution is 4.89. The maximum absolute atomic E-state index is 11.0. The molecule has 3 N–H and O–H groups in total. The summed E-state index contributed by atoms with van der Waals surface area (Å²) in [5.74, 6) is 0. The highest BCUT2D eigenvalue weighted by Crippen LogP contribution is 1.90. The summed E-state index contributed by atoms with van der Waals surface area (Å²) in [5, 5.41) is 0. The maximum atomic E-state index is 11.0. The number of hydrogen-bond donors (Lipinski definition) is 2. The van der Waals surface area contributed by atoms with Crippen molar-refractivity contribution >= 4 is 0 Å². The molecule has 1 aromatic heterocycles. The molecule has 5 heteroatoms. The Morgan fingerprint density at radius 1 is 1.67 bits per heavy atom. The van der Waals surface area contributed by atoms with Gasteiger partial charge in [-0.25, -0.2) is 4.79 Å². The average molecular weight is 167 g/mol. The van der Waals surface area contributed by atoms with E-state index in [0.29, 0.717) is 0 Å². The predicted octanol–water partition coefficient (Wildman–Crippen LogP) is -0.820. The van der Waals surface area contributed by atoms with Gasteiger partial charge in [0.05, 0.1) is 0 Å². The average Bonchev–Trinajstić information content (AvgIpc) is 2.03. The SMILES string of the molecule is C=CC(N)n1ccc(=O)[nH]c1=O. The van der Waals surface area contributed by atoms with Crippen LogP contribution < -0.4 is 17.0 Å². The zero-order valence-electron chi connectivity index (χ0n) is 6.36. The van der Waals surface area contributed by atoms with E-state index in [2.05, 4.69) is 11.6 Å². The van der Waals surface area contributed by atoms with Crippen LogP contribution in [0.5, 0.6) is 0 Å².